The molecule has 0 bridgehead atoms. The van der Waals surface area contributed by atoms with Crippen LogP contribution in [0.2, 0.25) is 0 Å². The Kier molecular flexibility index (Phi) is 5.93. The molecule has 0 N–H and O–H groups in total. The van der Waals surface area contributed by atoms with E-state index in [4.69, 9.17) is 0 Å². The Hall–Kier alpha value is -3.85. The highest BCUT2D eigenvalue weighted by molar-refractivity contribution is 5.76. The van der Waals surface area contributed by atoms with E-state index in [9.17, 15) is 18.4 Å². The van der Waals surface area contributed by atoms with Crippen LogP contribution in [0.25, 0.3) is 5.65 Å². The Morgan fingerprint density at radius 1 is 0.853 bits per heavy atom. The second kappa shape index (κ2) is 9.18. The summed E-state index contributed by atoms with van der Waals surface area (Å²) in [4.78, 5) is 29.3. The molecular formula is C25H23F2N5O2. The van der Waals surface area contributed by atoms with E-state index in [2.05, 4.69) is 10.00 Å². The molecular weight excluding hydrogens is 440 g/mol. The van der Waals surface area contributed by atoms with Crippen LogP contribution >= 0.6 is 0 Å². The summed E-state index contributed by atoms with van der Waals surface area (Å²) in [7, 11) is 0. The molecule has 7 nitrogen and oxygen atoms in total. The van der Waals surface area contributed by atoms with Crippen molar-refractivity contribution in [2.24, 2.45) is 0 Å². The molecule has 1 fully saturated rings. The van der Waals surface area contributed by atoms with Crippen molar-refractivity contribution in [2.45, 2.75) is 12.6 Å². The molecule has 0 saturated carbocycles. The fourth-order valence-electron chi connectivity index (χ4n) is 4.43. The van der Waals surface area contributed by atoms with Gasteiger partial charge in [0.1, 0.15) is 18.2 Å². The molecule has 3 heterocycles. The molecule has 174 valence electrons. The van der Waals surface area contributed by atoms with Gasteiger partial charge in [-0.1, -0.05) is 30.3 Å². The largest absolute Gasteiger partial charge is 0.350 e. The van der Waals surface area contributed by atoms with Gasteiger partial charge >= 0.3 is 5.69 Å². The number of piperazine rings is 1. The summed E-state index contributed by atoms with van der Waals surface area (Å²) < 4.78 is 29.6. The summed E-state index contributed by atoms with van der Waals surface area (Å²) in [5.41, 5.74) is 1.93. The lowest BCUT2D eigenvalue weighted by molar-refractivity contribution is -0.134. The van der Waals surface area contributed by atoms with E-state index in [1.807, 2.05) is 0 Å². The van der Waals surface area contributed by atoms with Crippen molar-refractivity contribution in [3.05, 3.63) is 106 Å². The Balaban J connectivity index is 1.31. The van der Waals surface area contributed by atoms with Crippen LogP contribution < -0.4 is 5.69 Å². The number of hydrogen-bond acceptors (Lipinski definition) is 4. The van der Waals surface area contributed by atoms with Crippen molar-refractivity contribution < 1.29 is 13.6 Å². The molecule has 1 aliphatic rings. The molecule has 34 heavy (non-hydrogen) atoms. The van der Waals surface area contributed by atoms with Gasteiger partial charge < -0.3 is 4.90 Å². The Labute approximate surface area is 194 Å². The zero-order valence-corrected chi connectivity index (χ0v) is 18.3. The molecule has 5 rings (SSSR count). The number of aromatic nitrogens is 3. The minimum absolute atomic E-state index is 0.125. The summed E-state index contributed by atoms with van der Waals surface area (Å²) in [6.45, 7) is 1.97. The maximum Gasteiger partial charge on any atom is 0.350 e. The lowest BCUT2D eigenvalue weighted by Gasteiger charge is -2.39. The van der Waals surface area contributed by atoms with Gasteiger partial charge in [0.25, 0.3) is 0 Å². The van der Waals surface area contributed by atoms with Crippen LogP contribution in [0.15, 0.2) is 77.7 Å². The first-order valence-electron chi connectivity index (χ1n) is 11.1. The van der Waals surface area contributed by atoms with Crippen LogP contribution in [0.5, 0.6) is 0 Å². The molecule has 0 aliphatic carbocycles. The van der Waals surface area contributed by atoms with Gasteiger partial charge in [0.15, 0.2) is 5.65 Å². The van der Waals surface area contributed by atoms with E-state index in [1.165, 1.54) is 33.3 Å². The summed E-state index contributed by atoms with van der Waals surface area (Å²) in [6, 6.07) is 17.6. The molecule has 9 heteroatoms. The molecule has 1 saturated heterocycles. The number of carbonyl (C=O) groups is 1. The van der Waals surface area contributed by atoms with Gasteiger partial charge in [0.05, 0.1) is 6.04 Å². The quantitative estimate of drug-likeness (QED) is 0.457. The van der Waals surface area contributed by atoms with Crippen LogP contribution in [-0.2, 0) is 11.3 Å². The molecule has 0 atom stereocenters. The minimum atomic E-state index is -0.352. The van der Waals surface area contributed by atoms with Crippen molar-refractivity contribution in [1.82, 2.24) is 24.0 Å². The van der Waals surface area contributed by atoms with Gasteiger partial charge in [0, 0.05) is 32.4 Å². The third-order valence-corrected chi connectivity index (χ3v) is 6.18. The van der Waals surface area contributed by atoms with Gasteiger partial charge in [-0.15, -0.1) is 5.10 Å². The fraction of sp³-hybridized carbons (Fsp3) is 0.240. The third-order valence-electron chi connectivity index (χ3n) is 6.18. The highest BCUT2D eigenvalue weighted by Gasteiger charge is 2.28. The molecule has 0 unspecified atom stereocenters. The Morgan fingerprint density at radius 3 is 2.00 bits per heavy atom. The van der Waals surface area contributed by atoms with E-state index in [0.29, 0.717) is 31.8 Å². The van der Waals surface area contributed by atoms with E-state index in [0.717, 1.165) is 11.1 Å². The van der Waals surface area contributed by atoms with Crippen molar-refractivity contribution in [2.75, 3.05) is 26.2 Å². The number of nitrogens with zero attached hydrogens (tertiary/aromatic N) is 5. The van der Waals surface area contributed by atoms with Crippen LogP contribution in [0.1, 0.15) is 17.2 Å². The SMILES string of the molecule is O=C(Cn1nc2ccccn2c1=O)N1CCN(C(c2ccc(F)cc2)c2ccc(F)cc2)CC1. The maximum atomic E-state index is 13.5. The molecule has 2 aromatic heterocycles. The molecule has 1 amide bonds. The number of carbonyl (C=O) groups excluding carboxylic acids is 1. The average molecular weight is 463 g/mol. The van der Waals surface area contributed by atoms with Gasteiger partial charge in [-0.05, 0) is 47.5 Å². The standard InChI is InChI=1S/C25H23F2N5O2/c26-20-8-4-18(5-9-20)24(19-6-10-21(27)11-7-19)30-15-13-29(14-16-30)23(33)17-32-25(34)31-12-2-1-3-22(31)28-32/h1-12,24H,13-17H2. The first-order chi connectivity index (χ1) is 16.5. The lowest BCUT2D eigenvalue weighted by atomic mass is 9.96. The third kappa shape index (κ3) is 4.34. The van der Waals surface area contributed by atoms with E-state index in [-0.39, 0.29) is 35.8 Å². The second-order valence-corrected chi connectivity index (χ2v) is 8.29. The predicted octanol–water partition coefficient (Wildman–Crippen LogP) is 2.71. The molecule has 0 radical (unpaired) electrons. The summed E-state index contributed by atoms with van der Waals surface area (Å²) in [6.07, 6.45) is 1.62. The monoisotopic (exact) mass is 463 g/mol. The zero-order valence-electron chi connectivity index (χ0n) is 18.3. The van der Waals surface area contributed by atoms with E-state index < -0.39 is 0 Å². The van der Waals surface area contributed by atoms with Gasteiger partial charge in [-0.3, -0.25) is 14.1 Å². The Bertz CT molecular complexity index is 1310. The van der Waals surface area contributed by atoms with Gasteiger partial charge in [0.2, 0.25) is 5.91 Å². The number of halogens is 2. The van der Waals surface area contributed by atoms with E-state index in [1.54, 1.807) is 53.6 Å². The van der Waals surface area contributed by atoms with Crippen molar-refractivity contribution in [3.63, 3.8) is 0 Å². The van der Waals surface area contributed by atoms with Crippen molar-refractivity contribution in [3.8, 4) is 0 Å². The molecule has 1 aliphatic heterocycles. The molecule has 0 spiro atoms. The van der Waals surface area contributed by atoms with Crippen LogP contribution in [-0.4, -0.2) is 56.1 Å². The van der Waals surface area contributed by atoms with Crippen LogP contribution in [0, 0.1) is 11.6 Å². The number of fused-ring (bicyclic) bond motifs is 1. The number of pyridine rings is 1. The van der Waals surface area contributed by atoms with Crippen molar-refractivity contribution in [1.29, 1.82) is 0 Å². The average Bonchev–Trinajstić information content (AvgIpc) is 3.17. The number of benzene rings is 2. The van der Waals surface area contributed by atoms with Crippen LogP contribution in [0.4, 0.5) is 8.78 Å². The molecule has 2 aromatic carbocycles. The summed E-state index contributed by atoms with van der Waals surface area (Å²) >= 11 is 0. The van der Waals surface area contributed by atoms with Gasteiger partial charge in [-0.25, -0.2) is 18.3 Å². The Morgan fingerprint density at radius 2 is 1.44 bits per heavy atom. The normalized spacial score (nSPS) is 14.7. The number of hydrogen-bond donors (Lipinski definition) is 0. The van der Waals surface area contributed by atoms with Crippen LogP contribution in [0.3, 0.4) is 0 Å². The topological polar surface area (TPSA) is 62.9 Å². The predicted molar refractivity (Wildman–Crippen MR) is 122 cm³/mol. The zero-order chi connectivity index (χ0) is 23.7. The number of rotatable bonds is 5. The van der Waals surface area contributed by atoms with E-state index >= 15 is 0 Å². The first-order valence-corrected chi connectivity index (χ1v) is 11.1. The highest BCUT2D eigenvalue weighted by Crippen LogP contribution is 2.30. The maximum absolute atomic E-state index is 13.5. The second-order valence-electron chi connectivity index (χ2n) is 8.29. The highest BCUT2D eigenvalue weighted by atomic mass is 19.1. The first kappa shape index (κ1) is 22.0. The lowest BCUT2D eigenvalue weighted by Crippen LogP contribution is -2.51. The minimum Gasteiger partial charge on any atom is -0.339 e. The smallest absolute Gasteiger partial charge is 0.339 e. The fourth-order valence-corrected chi connectivity index (χ4v) is 4.43. The number of amides is 1. The molecule has 4 aromatic rings. The summed E-state index contributed by atoms with van der Waals surface area (Å²) in [5, 5.41) is 4.23. The van der Waals surface area contributed by atoms with Crippen molar-refractivity contribution >= 4 is 11.6 Å². The van der Waals surface area contributed by atoms with Gasteiger partial charge in [-0.2, -0.15) is 0 Å². The summed E-state index contributed by atoms with van der Waals surface area (Å²) in [5.74, 6) is -0.816.